The molecule has 0 saturated heterocycles. The SMILES string of the molecule is Cc1nnc2n1N[C@H](c1ccc(Cl)cc1)[C@@H](C(=O)NC(C)C)S2. The number of halogens is 1. The average Bonchev–Trinajstić information content (AvgIpc) is 2.87. The first-order chi connectivity index (χ1) is 11.0. The maximum atomic E-state index is 12.6. The smallest absolute Gasteiger partial charge is 0.236 e. The van der Waals surface area contributed by atoms with Gasteiger partial charge in [-0.3, -0.25) is 4.79 Å². The number of fused-ring (bicyclic) bond motifs is 1. The number of thioether (sulfide) groups is 1. The summed E-state index contributed by atoms with van der Waals surface area (Å²) in [5, 5.41) is 12.2. The molecule has 122 valence electrons. The molecule has 2 atom stereocenters. The molecule has 0 unspecified atom stereocenters. The van der Waals surface area contributed by atoms with Crippen molar-refractivity contribution in [1.82, 2.24) is 20.2 Å². The van der Waals surface area contributed by atoms with Crippen molar-refractivity contribution in [3.63, 3.8) is 0 Å². The fraction of sp³-hybridized carbons (Fsp3) is 0.400. The quantitative estimate of drug-likeness (QED) is 0.889. The van der Waals surface area contributed by atoms with Gasteiger partial charge in [-0.15, -0.1) is 10.2 Å². The number of benzene rings is 1. The van der Waals surface area contributed by atoms with Crippen LogP contribution in [0.25, 0.3) is 0 Å². The zero-order valence-electron chi connectivity index (χ0n) is 13.1. The molecule has 3 rings (SSSR count). The van der Waals surface area contributed by atoms with Crippen LogP contribution in [0.2, 0.25) is 5.02 Å². The van der Waals surface area contributed by atoms with Crippen LogP contribution in [0.1, 0.15) is 31.3 Å². The van der Waals surface area contributed by atoms with Crippen LogP contribution in [-0.4, -0.2) is 32.1 Å². The van der Waals surface area contributed by atoms with Gasteiger partial charge in [0.2, 0.25) is 11.1 Å². The molecule has 1 aliphatic rings. The summed E-state index contributed by atoms with van der Waals surface area (Å²) in [5.74, 6) is 0.735. The Morgan fingerprint density at radius 3 is 2.70 bits per heavy atom. The molecule has 0 radical (unpaired) electrons. The van der Waals surface area contributed by atoms with Gasteiger partial charge in [-0.05, 0) is 38.5 Å². The highest BCUT2D eigenvalue weighted by atomic mass is 35.5. The van der Waals surface area contributed by atoms with E-state index in [9.17, 15) is 4.79 Å². The monoisotopic (exact) mass is 351 g/mol. The molecular weight excluding hydrogens is 334 g/mol. The van der Waals surface area contributed by atoms with Gasteiger partial charge in [0.1, 0.15) is 11.1 Å². The van der Waals surface area contributed by atoms with Crippen LogP contribution >= 0.6 is 23.4 Å². The number of rotatable bonds is 3. The standard InChI is InChI=1S/C15H18ClN5OS/c1-8(2)17-14(22)13-12(10-4-6-11(16)7-5-10)20-21-9(3)18-19-15(21)23-13/h4-8,12-13,20H,1-3H3,(H,17,22)/t12-,13+/m1/s1. The van der Waals surface area contributed by atoms with Gasteiger partial charge in [0, 0.05) is 11.1 Å². The van der Waals surface area contributed by atoms with E-state index in [1.54, 1.807) is 0 Å². The first kappa shape index (κ1) is 16.1. The highest BCUT2D eigenvalue weighted by molar-refractivity contribution is 8.00. The second kappa shape index (κ2) is 6.41. The normalized spacial score (nSPS) is 20.0. The molecule has 8 heteroatoms. The Morgan fingerprint density at radius 1 is 1.35 bits per heavy atom. The van der Waals surface area contributed by atoms with Crippen molar-refractivity contribution < 1.29 is 4.79 Å². The molecule has 0 fully saturated rings. The summed E-state index contributed by atoms with van der Waals surface area (Å²) in [5.41, 5.74) is 4.34. The van der Waals surface area contributed by atoms with E-state index in [-0.39, 0.29) is 23.2 Å². The molecule has 1 amide bonds. The Labute approximate surface area is 144 Å². The van der Waals surface area contributed by atoms with Gasteiger partial charge in [0.05, 0.1) is 6.04 Å². The van der Waals surface area contributed by atoms with Crippen LogP contribution in [0.15, 0.2) is 29.4 Å². The van der Waals surface area contributed by atoms with Gasteiger partial charge >= 0.3 is 0 Å². The van der Waals surface area contributed by atoms with Gasteiger partial charge in [0.25, 0.3) is 0 Å². The minimum absolute atomic E-state index is 0.0237. The maximum Gasteiger partial charge on any atom is 0.236 e. The maximum absolute atomic E-state index is 12.6. The fourth-order valence-electron chi connectivity index (χ4n) is 2.45. The lowest BCUT2D eigenvalue weighted by molar-refractivity contribution is -0.121. The van der Waals surface area contributed by atoms with Crippen LogP contribution in [-0.2, 0) is 4.79 Å². The van der Waals surface area contributed by atoms with Gasteiger partial charge in [-0.2, -0.15) is 0 Å². The van der Waals surface area contributed by atoms with Crippen LogP contribution < -0.4 is 10.7 Å². The molecule has 0 aliphatic carbocycles. The highest BCUT2D eigenvalue weighted by Crippen LogP contribution is 2.37. The van der Waals surface area contributed by atoms with Crippen molar-refractivity contribution in [2.45, 2.75) is 43.3 Å². The predicted molar refractivity (Wildman–Crippen MR) is 91.2 cm³/mol. The number of aromatic nitrogens is 3. The molecular formula is C15H18ClN5OS. The van der Waals surface area contributed by atoms with E-state index in [2.05, 4.69) is 20.9 Å². The predicted octanol–water partition coefficient (Wildman–Crippen LogP) is 2.52. The van der Waals surface area contributed by atoms with E-state index in [0.717, 1.165) is 11.4 Å². The number of hydrogen-bond donors (Lipinski definition) is 2. The Balaban J connectivity index is 1.96. The Kier molecular flexibility index (Phi) is 4.50. The van der Waals surface area contributed by atoms with Crippen LogP contribution in [0.5, 0.6) is 0 Å². The lowest BCUT2D eigenvalue weighted by Crippen LogP contribution is -2.45. The van der Waals surface area contributed by atoms with Gasteiger partial charge in [-0.1, -0.05) is 35.5 Å². The first-order valence-corrected chi connectivity index (χ1v) is 8.62. The third-order valence-corrected chi connectivity index (χ3v) is 4.98. The van der Waals surface area contributed by atoms with Crippen molar-refractivity contribution >= 4 is 29.3 Å². The lowest BCUT2D eigenvalue weighted by Gasteiger charge is -2.33. The van der Waals surface area contributed by atoms with Gasteiger partial charge in [-0.25, -0.2) is 4.68 Å². The van der Waals surface area contributed by atoms with E-state index in [1.807, 2.05) is 49.7 Å². The number of nitrogens with one attached hydrogen (secondary N) is 2. The molecule has 2 heterocycles. The molecule has 2 N–H and O–H groups in total. The summed E-state index contributed by atoms with van der Waals surface area (Å²) in [4.78, 5) is 12.6. The second-order valence-electron chi connectivity index (χ2n) is 5.73. The molecule has 2 aromatic rings. The molecule has 23 heavy (non-hydrogen) atoms. The fourth-order valence-corrected chi connectivity index (χ4v) is 3.71. The summed E-state index contributed by atoms with van der Waals surface area (Å²) in [6, 6.07) is 7.40. The lowest BCUT2D eigenvalue weighted by atomic mass is 10.0. The largest absolute Gasteiger partial charge is 0.353 e. The highest BCUT2D eigenvalue weighted by Gasteiger charge is 2.37. The Hall–Kier alpha value is -1.73. The minimum atomic E-state index is -0.338. The summed E-state index contributed by atoms with van der Waals surface area (Å²) < 4.78 is 1.82. The minimum Gasteiger partial charge on any atom is -0.353 e. The van der Waals surface area contributed by atoms with Crippen molar-refractivity contribution in [1.29, 1.82) is 0 Å². The number of carbonyl (C=O) groups is 1. The molecule has 0 spiro atoms. The van der Waals surface area contributed by atoms with Crippen molar-refractivity contribution in [2.75, 3.05) is 5.43 Å². The molecule has 0 bridgehead atoms. The zero-order valence-corrected chi connectivity index (χ0v) is 14.6. The zero-order chi connectivity index (χ0) is 16.6. The number of hydrogen-bond acceptors (Lipinski definition) is 5. The summed E-state index contributed by atoms with van der Waals surface area (Å²) in [6.07, 6.45) is 0. The molecule has 6 nitrogen and oxygen atoms in total. The number of amides is 1. The van der Waals surface area contributed by atoms with E-state index in [0.29, 0.717) is 10.2 Å². The van der Waals surface area contributed by atoms with Crippen molar-refractivity contribution in [3.05, 3.63) is 40.7 Å². The van der Waals surface area contributed by atoms with Crippen molar-refractivity contribution in [3.8, 4) is 0 Å². The average molecular weight is 352 g/mol. The number of carbonyl (C=O) groups excluding carboxylic acids is 1. The third kappa shape index (κ3) is 3.30. The number of aryl methyl sites for hydroxylation is 1. The second-order valence-corrected chi connectivity index (χ2v) is 7.27. The molecule has 1 aromatic carbocycles. The van der Waals surface area contributed by atoms with Gasteiger partial charge in [0.15, 0.2) is 0 Å². The van der Waals surface area contributed by atoms with Crippen LogP contribution in [0.4, 0.5) is 0 Å². The van der Waals surface area contributed by atoms with Crippen LogP contribution in [0.3, 0.4) is 0 Å². The molecule has 1 aliphatic heterocycles. The molecule has 1 aromatic heterocycles. The van der Waals surface area contributed by atoms with Crippen molar-refractivity contribution in [2.24, 2.45) is 0 Å². The Bertz CT molecular complexity index is 715. The number of nitrogens with zero attached hydrogens (tertiary/aromatic N) is 3. The topological polar surface area (TPSA) is 71.8 Å². The first-order valence-electron chi connectivity index (χ1n) is 7.37. The third-order valence-electron chi connectivity index (χ3n) is 3.52. The van der Waals surface area contributed by atoms with Gasteiger partial charge < -0.3 is 10.7 Å². The summed E-state index contributed by atoms with van der Waals surface area (Å²) >= 11 is 7.39. The van der Waals surface area contributed by atoms with Crippen LogP contribution in [0, 0.1) is 6.92 Å². The van der Waals surface area contributed by atoms with E-state index < -0.39 is 0 Å². The molecule has 0 saturated carbocycles. The van der Waals surface area contributed by atoms with E-state index in [4.69, 9.17) is 11.6 Å². The van der Waals surface area contributed by atoms with E-state index >= 15 is 0 Å². The summed E-state index contributed by atoms with van der Waals surface area (Å²) in [6.45, 7) is 5.77. The summed E-state index contributed by atoms with van der Waals surface area (Å²) in [7, 11) is 0. The van der Waals surface area contributed by atoms with E-state index in [1.165, 1.54) is 11.8 Å². The Morgan fingerprint density at radius 2 is 2.04 bits per heavy atom.